The topological polar surface area (TPSA) is 89.1 Å². The third kappa shape index (κ3) is 1.08. The predicted octanol–water partition coefficient (Wildman–Crippen LogP) is 2.05. The number of aromatic nitrogens is 2. The van der Waals surface area contributed by atoms with Gasteiger partial charge >= 0.3 is 5.97 Å². The van der Waals surface area contributed by atoms with Crippen LogP contribution in [0.5, 0.6) is 5.75 Å². The van der Waals surface area contributed by atoms with E-state index in [0.717, 1.165) is 16.4 Å². The summed E-state index contributed by atoms with van der Waals surface area (Å²) >= 11 is 0. The predicted molar refractivity (Wildman–Crippen MR) is 58.8 cm³/mol. The number of phenols is 1. The van der Waals surface area contributed by atoms with Crippen LogP contribution in [0.1, 0.15) is 10.5 Å². The standard InChI is InChI=1S/C11H8N2O3/c14-5-1-2-7-6(3-5)10-8(12-7)4-9(13-10)11(15)16/h1-4,12-14H,(H,15,16). The average Bonchev–Trinajstić information content (AvgIpc) is 2.75. The summed E-state index contributed by atoms with van der Waals surface area (Å²) in [4.78, 5) is 16.7. The van der Waals surface area contributed by atoms with Crippen LogP contribution in [-0.4, -0.2) is 26.2 Å². The van der Waals surface area contributed by atoms with E-state index in [0.29, 0.717) is 5.52 Å². The van der Waals surface area contributed by atoms with Crippen molar-refractivity contribution < 1.29 is 15.0 Å². The Labute approximate surface area is 89.3 Å². The number of aromatic amines is 2. The molecule has 80 valence electrons. The maximum absolute atomic E-state index is 10.8. The van der Waals surface area contributed by atoms with Crippen molar-refractivity contribution in [3.05, 3.63) is 30.0 Å². The Bertz CT molecular complexity index is 708. The molecule has 2 heterocycles. The van der Waals surface area contributed by atoms with Crippen LogP contribution in [-0.2, 0) is 0 Å². The van der Waals surface area contributed by atoms with Crippen molar-refractivity contribution in [3.63, 3.8) is 0 Å². The molecule has 0 amide bonds. The number of carboxylic acids is 1. The molecule has 0 aliphatic rings. The van der Waals surface area contributed by atoms with Crippen LogP contribution in [0.4, 0.5) is 0 Å². The Kier molecular flexibility index (Phi) is 1.54. The van der Waals surface area contributed by atoms with E-state index in [-0.39, 0.29) is 11.4 Å². The van der Waals surface area contributed by atoms with Gasteiger partial charge in [0, 0.05) is 10.9 Å². The minimum atomic E-state index is -1.00. The molecule has 0 radical (unpaired) electrons. The van der Waals surface area contributed by atoms with E-state index in [1.807, 2.05) is 0 Å². The number of phenolic OH excluding ortho intramolecular Hbond substituents is 1. The minimum Gasteiger partial charge on any atom is -0.508 e. The van der Waals surface area contributed by atoms with Gasteiger partial charge in [-0.05, 0) is 24.3 Å². The van der Waals surface area contributed by atoms with Crippen molar-refractivity contribution in [1.29, 1.82) is 0 Å². The van der Waals surface area contributed by atoms with Gasteiger partial charge in [-0.1, -0.05) is 0 Å². The first kappa shape index (κ1) is 8.84. The van der Waals surface area contributed by atoms with E-state index in [2.05, 4.69) is 9.97 Å². The molecule has 3 aromatic rings. The SMILES string of the molecule is O=C(O)c1cc2[nH]c3ccc(O)cc3c2[nH]1. The van der Waals surface area contributed by atoms with E-state index < -0.39 is 5.97 Å². The third-order valence-corrected chi connectivity index (χ3v) is 2.59. The number of rotatable bonds is 1. The van der Waals surface area contributed by atoms with Gasteiger partial charge in [0.15, 0.2) is 0 Å². The molecule has 0 spiro atoms. The van der Waals surface area contributed by atoms with Crippen molar-refractivity contribution in [2.75, 3.05) is 0 Å². The zero-order chi connectivity index (χ0) is 11.3. The van der Waals surface area contributed by atoms with Crippen LogP contribution < -0.4 is 0 Å². The number of benzene rings is 1. The van der Waals surface area contributed by atoms with Crippen molar-refractivity contribution in [2.24, 2.45) is 0 Å². The largest absolute Gasteiger partial charge is 0.508 e. The van der Waals surface area contributed by atoms with Crippen LogP contribution in [0, 0.1) is 0 Å². The first-order valence-electron chi connectivity index (χ1n) is 4.72. The van der Waals surface area contributed by atoms with Crippen LogP contribution in [0.25, 0.3) is 21.9 Å². The third-order valence-electron chi connectivity index (χ3n) is 2.59. The van der Waals surface area contributed by atoms with Gasteiger partial charge in [-0.15, -0.1) is 0 Å². The molecule has 0 unspecified atom stereocenters. The normalized spacial score (nSPS) is 11.2. The fourth-order valence-corrected chi connectivity index (χ4v) is 1.87. The molecule has 5 heteroatoms. The van der Waals surface area contributed by atoms with Gasteiger partial charge in [0.25, 0.3) is 0 Å². The molecule has 0 saturated carbocycles. The molecule has 2 aromatic heterocycles. The van der Waals surface area contributed by atoms with Crippen LogP contribution >= 0.6 is 0 Å². The Hall–Kier alpha value is -2.43. The van der Waals surface area contributed by atoms with Crippen LogP contribution in [0.2, 0.25) is 0 Å². The number of aromatic hydroxyl groups is 1. The summed E-state index contributed by atoms with van der Waals surface area (Å²) in [5.41, 5.74) is 2.41. The van der Waals surface area contributed by atoms with Gasteiger partial charge in [0.05, 0.1) is 11.0 Å². The minimum absolute atomic E-state index is 0.131. The zero-order valence-electron chi connectivity index (χ0n) is 8.11. The number of aromatic carboxylic acids is 1. The Morgan fingerprint density at radius 2 is 1.94 bits per heavy atom. The van der Waals surface area contributed by atoms with Crippen molar-refractivity contribution in [1.82, 2.24) is 9.97 Å². The molecule has 0 saturated heterocycles. The van der Waals surface area contributed by atoms with E-state index in [4.69, 9.17) is 5.11 Å². The first-order valence-corrected chi connectivity index (χ1v) is 4.72. The second kappa shape index (κ2) is 2.79. The second-order valence-corrected chi connectivity index (χ2v) is 3.63. The highest BCUT2D eigenvalue weighted by molar-refractivity contribution is 6.08. The monoisotopic (exact) mass is 216 g/mol. The molecule has 1 aromatic carbocycles. The lowest BCUT2D eigenvalue weighted by atomic mass is 10.2. The lowest BCUT2D eigenvalue weighted by molar-refractivity contribution is 0.0691. The number of hydrogen-bond donors (Lipinski definition) is 4. The van der Waals surface area contributed by atoms with Gasteiger partial charge in [0.1, 0.15) is 11.4 Å². The zero-order valence-corrected chi connectivity index (χ0v) is 8.11. The Morgan fingerprint density at radius 1 is 1.12 bits per heavy atom. The number of hydrogen-bond acceptors (Lipinski definition) is 2. The van der Waals surface area contributed by atoms with Gasteiger partial charge in [-0.2, -0.15) is 0 Å². The summed E-state index contributed by atoms with van der Waals surface area (Å²) in [5.74, 6) is -0.849. The summed E-state index contributed by atoms with van der Waals surface area (Å²) in [6.07, 6.45) is 0. The summed E-state index contributed by atoms with van der Waals surface area (Å²) in [6.45, 7) is 0. The molecule has 4 N–H and O–H groups in total. The van der Waals surface area contributed by atoms with Crippen LogP contribution in [0.3, 0.4) is 0 Å². The number of H-pyrrole nitrogens is 2. The molecule has 5 nitrogen and oxygen atoms in total. The van der Waals surface area contributed by atoms with Crippen molar-refractivity contribution in [2.45, 2.75) is 0 Å². The van der Waals surface area contributed by atoms with Gasteiger partial charge in [-0.25, -0.2) is 4.79 Å². The fraction of sp³-hybridized carbons (Fsp3) is 0. The van der Waals surface area contributed by atoms with Gasteiger partial charge in [0.2, 0.25) is 0 Å². The summed E-state index contributed by atoms with van der Waals surface area (Å²) in [7, 11) is 0. The molecule has 0 bridgehead atoms. The van der Waals surface area contributed by atoms with Crippen molar-refractivity contribution in [3.8, 4) is 5.75 Å². The van der Waals surface area contributed by atoms with Gasteiger partial charge < -0.3 is 20.2 Å². The number of carbonyl (C=O) groups is 1. The quantitative estimate of drug-likeness (QED) is 0.502. The number of carboxylic acid groups (broad SMARTS) is 1. The smallest absolute Gasteiger partial charge is 0.352 e. The van der Waals surface area contributed by atoms with E-state index in [1.165, 1.54) is 6.07 Å². The number of nitrogens with one attached hydrogen (secondary N) is 2. The van der Waals surface area contributed by atoms with Gasteiger partial charge in [-0.3, -0.25) is 0 Å². The average molecular weight is 216 g/mol. The molecular weight excluding hydrogens is 208 g/mol. The lowest BCUT2D eigenvalue weighted by Crippen LogP contribution is -1.95. The molecule has 0 aliphatic heterocycles. The Morgan fingerprint density at radius 3 is 2.69 bits per heavy atom. The highest BCUT2D eigenvalue weighted by Gasteiger charge is 2.12. The van der Waals surface area contributed by atoms with Crippen molar-refractivity contribution >= 4 is 27.9 Å². The molecule has 16 heavy (non-hydrogen) atoms. The van der Waals surface area contributed by atoms with E-state index in [1.54, 1.807) is 18.2 Å². The molecule has 0 atom stereocenters. The maximum Gasteiger partial charge on any atom is 0.352 e. The highest BCUT2D eigenvalue weighted by Crippen LogP contribution is 2.28. The lowest BCUT2D eigenvalue weighted by Gasteiger charge is -1.92. The molecular formula is C11H8N2O3. The molecule has 0 aliphatic carbocycles. The van der Waals surface area contributed by atoms with E-state index >= 15 is 0 Å². The summed E-state index contributed by atoms with van der Waals surface area (Å²) < 4.78 is 0. The van der Waals surface area contributed by atoms with Crippen LogP contribution in [0.15, 0.2) is 24.3 Å². The Balaban J connectivity index is 2.40. The highest BCUT2D eigenvalue weighted by atomic mass is 16.4. The summed E-state index contributed by atoms with van der Waals surface area (Å²) in [6, 6.07) is 6.46. The second-order valence-electron chi connectivity index (χ2n) is 3.63. The molecule has 3 rings (SSSR count). The fourth-order valence-electron chi connectivity index (χ4n) is 1.87. The maximum atomic E-state index is 10.8. The first-order chi connectivity index (χ1) is 7.65. The summed E-state index contributed by atoms with van der Waals surface area (Å²) in [5, 5.41) is 19.0. The molecule has 0 fully saturated rings. The van der Waals surface area contributed by atoms with E-state index in [9.17, 15) is 9.90 Å². The number of fused-ring (bicyclic) bond motifs is 3.